The quantitative estimate of drug-likeness (QED) is 0.607. The number of rotatable bonds is 4. The van der Waals surface area contributed by atoms with Crippen molar-refractivity contribution in [2.75, 3.05) is 0 Å². The van der Waals surface area contributed by atoms with Gasteiger partial charge in [0.2, 0.25) is 0 Å². The Labute approximate surface area is 110 Å². The molecule has 1 aliphatic rings. The topological polar surface area (TPSA) is 9.23 Å². The van der Waals surface area contributed by atoms with Crippen LogP contribution in [0.3, 0.4) is 0 Å². The van der Waals surface area contributed by atoms with Crippen molar-refractivity contribution in [2.24, 2.45) is 5.92 Å². The summed E-state index contributed by atoms with van der Waals surface area (Å²) in [5, 5.41) is 0. The van der Waals surface area contributed by atoms with Crippen molar-refractivity contribution >= 4 is 12.6 Å². The van der Waals surface area contributed by atoms with Gasteiger partial charge in [-0.2, -0.15) is 0 Å². The van der Waals surface area contributed by atoms with Crippen molar-refractivity contribution in [3.63, 3.8) is 0 Å². The zero-order valence-corrected chi connectivity index (χ0v) is 11.4. The molecule has 0 N–H and O–H groups in total. The lowest BCUT2D eigenvalue weighted by Gasteiger charge is -2.31. The number of benzene rings is 1. The highest BCUT2D eigenvalue weighted by atomic mass is 32.1. The first-order chi connectivity index (χ1) is 8.27. The minimum absolute atomic E-state index is 0.00197. The molecule has 2 rings (SSSR count). The highest BCUT2D eigenvalue weighted by Crippen LogP contribution is 2.37. The number of hydrogen-bond donors (Lipinski definition) is 1. The van der Waals surface area contributed by atoms with Gasteiger partial charge in [0.25, 0.3) is 0 Å². The second kappa shape index (κ2) is 6.46. The van der Waals surface area contributed by atoms with Crippen LogP contribution in [0.4, 0.5) is 0 Å². The van der Waals surface area contributed by atoms with Gasteiger partial charge in [0.1, 0.15) is 0 Å². The second-order valence-corrected chi connectivity index (χ2v) is 5.69. The number of thiol groups is 1. The Kier molecular flexibility index (Phi) is 4.93. The van der Waals surface area contributed by atoms with Crippen molar-refractivity contribution in [3.8, 4) is 0 Å². The molecule has 0 aromatic heterocycles. The fourth-order valence-electron chi connectivity index (χ4n) is 2.75. The maximum absolute atomic E-state index is 6.04. The van der Waals surface area contributed by atoms with Gasteiger partial charge >= 0.3 is 0 Å². The summed E-state index contributed by atoms with van der Waals surface area (Å²) in [4.78, 5) is 0. The Balaban J connectivity index is 2.12. The van der Waals surface area contributed by atoms with E-state index in [-0.39, 0.29) is 11.5 Å². The van der Waals surface area contributed by atoms with Crippen LogP contribution < -0.4 is 0 Å². The summed E-state index contributed by atoms with van der Waals surface area (Å²) in [6.07, 6.45) is 6.88. The first kappa shape index (κ1) is 13.0. The first-order valence-corrected chi connectivity index (χ1v) is 7.17. The molecule has 0 aliphatic heterocycles. The van der Waals surface area contributed by atoms with E-state index < -0.39 is 0 Å². The fourth-order valence-corrected chi connectivity index (χ4v) is 2.88. The third-order valence-corrected chi connectivity index (χ3v) is 3.67. The molecule has 1 saturated carbocycles. The fraction of sp³-hybridized carbons (Fsp3) is 0.600. The van der Waals surface area contributed by atoms with Crippen LogP contribution in [0, 0.1) is 5.92 Å². The molecular formula is C15H22OS. The van der Waals surface area contributed by atoms with Gasteiger partial charge in [-0.05, 0) is 31.2 Å². The van der Waals surface area contributed by atoms with Gasteiger partial charge in [0, 0.05) is 0 Å². The van der Waals surface area contributed by atoms with E-state index in [9.17, 15) is 0 Å². The minimum atomic E-state index is 0.00197. The van der Waals surface area contributed by atoms with Crippen molar-refractivity contribution in [2.45, 2.75) is 50.6 Å². The predicted octanol–water partition coefficient (Wildman–Crippen LogP) is 4.60. The molecule has 0 radical (unpaired) electrons. The highest BCUT2D eigenvalue weighted by molar-refractivity contribution is 7.80. The molecule has 2 heteroatoms. The van der Waals surface area contributed by atoms with Gasteiger partial charge < -0.3 is 4.74 Å². The van der Waals surface area contributed by atoms with E-state index in [0.717, 1.165) is 0 Å². The monoisotopic (exact) mass is 250 g/mol. The van der Waals surface area contributed by atoms with Gasteiger partial charge in [-0.3, -0.25) is 0 Å². The van der Waals surface area contributed by atoms with Crippen LogP contribution >= 0.6 is 12.6 Å². The van der Waals surface area contributed by atoms with E-state index >= 15 is 0 Å². The SMILES string of the molecule is CC(S)OC(c1ccccc1)C1CCCCC1. The standard InChI is InChI=1S/C15H22OS/c1-12(17)16-15(13-8-4-2-5-9-13)14-10-6-3-7-11-14/h2,4-5,8-9,12,14-15,17H,3,6-7,10-11H2,1H3. The number of hydrogen-bond acceptors (Lipinski definition) is 2. The average molecular weight is 250 g/mol. The molecule has 1 aliphatic carbocycles. The molecule has 1 aromatic carbocycles. The lowest BCUT2D eigenvalue weighted by molar-refractivity contribution is -0.00854. The zero-order valence-electron chi connectivity index (χ0n) is 10.5. The van der Waals surface area contributed by atoms with Crippen LogP contribution in [0.15, 0.2) is 30.3 Å². The molecule has 1 nitrogen and oxygen atoms in total. The van der Waals surface area contributed by atoms with E-state index in [4.69, 9.17) is 4.74 Å². The molecule has 1 fully saturated rings. The summed E-state index contributed by atoms with van der Waals surface area (Å²) in [6, 6.07) is 10.6. The molecule has 2 atom stereocenters. The molecule has 0 bridgehead atoms. The van der Waals surface area contributed by atoms with Crippen LogP contribution in [-0.4, -0.2) is 5.44 Å². The molecule has 94 valence electrons. The second-order valence-electron chi connectivity index (χ2n) is 4.96. The van der Waals surface area contributed by atoms with Gasteiger partial charge in [-0.15, -0.1) is 12.6 Å². The van der Waals surface area contributed by atoms with Crippen molar-refractivity contribution in [3.05, 3.63) is 35.9 Å². The van der Waals surface area contributed by atoms with E-state index in [0.29, 0.717) is 5.92 Å². The third kappa shape index (κ3) is 3.75. The number of ether oxygens (including phenoxy) is 1. The molecule has 1 aromatic rings. The maximum atomic E-state index is 6.04. The van der Waals surface area contributed by atoms with Crippen LogP contribution in [0.5, 0.6) is 0 Å². The Morgan fingerprint density at radius 3 is 2.35 bits per heavy atom. The molecular weight excluding hydrogens is 228 g/mol. The largest absolute Gasteiger partial charge is 0.360 e. The van der Waals surface area contributed by atoms with Gasteiger partial charge in [-0.25, -0.2) is 0 Å². The van der Waals surface area contributed by atoms with Crippen molar-refractivity contribution in [1.82, 2.24) is 0 Å². The van der Waals surface area contributed by atoms with E-state index in [2.05, 4.69) is 43.0 Å². The third-order valence-electron chi connectivity index (χ3n) is 3.55. The average Bonchev–Trinajstić information content (AvgIpc) is 2.38. The van der Waals surface area contributed by atoms with Crippen LogP contribution in [0.25, 0.3) is 0 Å². The Hall–Kier alpha value is -0.470. The minimum Gasteiger partial charge on any atom is -0.360 e. The van der Waals surface area contributed by atoms with Crippen LogP contribution in [-0.2, 0) is 4.74 Å². The molecule has 0 saturated heterocycles. The normalized spacial score (nSPS) is 21.1. The molecule has 0 amide bonds. The van der Waals surface area contributed by atoms with Crippen LogP contribution in [0.2, 0.25) is 0 Å². The van der Waals surface area contributed by atoms with E-state index in [1.807, 2.05) is 6.92 Å². The highest BCUT2D eigenvalue weighted by Gasteiger charge is 2.26. The maximum Gasteiger partial charge on any atom is 0.0979 e. The smallest absolute Gasteiger partial charge is 0.0979 e. The summed E-state index contributed by atoms with van der Waals surface area (Å²) in [7, 11) is 0. The van der Waals surface area contributed by atoms with Gasteiger partial charge in [0.05, 0.1) is 11.5 Å². The summed E-state index contributed by atoms with van der Waals surface area (Å²) >= 11 is 4.38. The zero-order chi connectivity index (χ0) is 12.1. The molecule has 0 heterocycles. The van der Waals surface area contributed by atoms with Gasteiger partial charge in [0.15, 0.2) is 0 Å². The molecule has 2 unspecified atom stereocenters. The summed E-state index contributed by atoms with van der Waals surface area (Å²) in [5.74, 6) is 0.667. The molecule has 17 heavy (non-hydrogen) atoms. The van der Waals surface area contributed by atoms with Gasteiger partial charge in [-0.1, -0.05) is 49.6 Å². The summed E-state index contributed by atoms with van der Waals surface area (Å²) < 4.78 is 6.04. The summed E-state index contributed by atoms with van der Waals surface area (Å²) in [6.45, 7) is 2.00. The Morgan fingerprint density at radius 2 is 1.76 bits per heavy atom. The lowest BCUT2D eigenvalue weighted by Crippen LogP contribution is -2.21. The Morgan fingerprint density at radius 1 is 1.12 bits per heavy atom. The predicted molar refractivity (Wildman–Crippen MR) is 75.3 cm³/mol. The Bertz CT molecular complexity index is 317. The summed E-state index contributed by atoms with van der Waals surface area (Å²) in [5.41, 5.74) is 1.31. The van der Waals surface area contributed by atoms with Crippen molar-refractivity contribution in [1.29, 1.82) is 0 Å². The molecule has 0 spiro atoms. The lowest BCUT2D eigenvalue weighted by atomic mass is 9.82. The van der Waals surface area contributed by atoms with E-state index in [1.165, 1.54) is 37.7 Å². The van der Waals surface area contributed by atoms with Crippen LogP contribution in [0.1, 0.15) is 50.7 Å². The van der Waals surface area contributed by atoms with E-state index in [1.54, 1.807) is 0 Å². The first-order valence-electron chi connectivity index (χ1n) is 6.66. The van der Waals surface area contributed by atoms with Crippen molar-refractivity contribution < 1.29 is 4.74 Å².